The fourth-order valence-electron chi connectivity index (χ4n) is 2.43. The highest BCUT2D eigenvalue weighted by Crippen LogP contribution is 2.09. The number of amides is 1. The average molecular weight is 334 g/mol. The SMILES string of the molecule is CCCCCCCC[C@H](NNC(=O)c1ccccc1)C(=O)OCC. The van der Waals surface area contributed by atoms with Gasteiger partial charge in [0.1, 0.15) is 6.04 Å². The Morgan fingerprint density at radius 3 is 2.33 bits per heavy atom. The third kappa shape index (κ3) is 8.11. The Hall–Kier alpha value is -1.88. The molecule has 5 heteroatoms. The first-order chi connectivity index (χ1) is 11.7. The Bertz CT molecular complexity index is 477. The molecule has 0 aliphatic heterocycles. The second kappa shape index (κ2) is 12.5. The van der Waals surface area contributed by atoms with E-state index in [2.05, 4.69) is 17.8 Å². The molecule has 1 aromatic rings. The predicted octanol–water partition coefficient (Wildman–Crippen LogP) is 3.60. The largest absolute Gasteiger partial charge is 0.465 e. The van der Waals surface area contributed by atoms with Crippen molar-refractivity contribution in [3.8, 4) is 0 Å². The van der Waals surface area contributed by atoms with Gasteiger partial charge < -0.3 is 4.74 Å². The molecule has 0 fully saturated rings. The Balaban J connectivity index is 2.41. The van der Waals surface area contributed by atoms with Crippen LogP contribution in [-0.2, 0) is 9.53 Å². The van der Waals surface area contributed by atoms with Crippen molar-refractivity contribution in [1.82, 2.24) is 10.9 Å². The van der Waals surface area contributed by atoms with Crippen LogP contribution in [0.5, 0.6) is 0 Å². The lowest BCUT2D eigenvalue weighted by molar-refractivity contribution is -0.146. The van der Waals surface area contributed by atoms with Crippen molar-refractivity contribution in [3.05, 3.63) is 35.9 Å². The summed E-state index contributed by atoms with van der Waals surface area (Å²) in [6.45, 7) is 4.30. The summed E-state index contributed by atoms with van der Waals surface area (Å²) >= 11 is 0. The van der Waals surface area contributed by atoms with Crippen molar-refractivity contribution < 1.29 is 14.3 Å². The van der Waals surface area contributed by atoms with Gasteiger partial charge in [0, 0.05) is 5.56 Å². The number of hydrogen-bond donors (Lipinski definition) is 2. The van der Waals surface area contributed by atoms with E-state index in [9.17, 15) is 9.59 Å². The Kier molecular flexibility index (Phi) is 10.5. The molecule has 0 bridgehead atoms. The number of rotatable bonds is 12. The van der Waals surface area contributed by atoms with Gasteiger partial charge in [0.05, 0.1) is 6.61 Å². The van der Waals surface area contributed by atoms with Crippen LogP contribution in [0.25, 0.3) is 0 Å². The maximum Gasteiger partial charge on any atom is 0.324 e. The van der Waals surface area contributed by atoms with Crippen LogP contribution in [0.1, 0.15) is 69.2 Å². The number of esters is 1. The third-order valence-corrected chi connectivity index (χ3v) is 3.81. The van der Waals surface area contributed by atoms with E-state index in [1.54, 1.807) is 31.2 Å². The standard InChI is InChI=1S/C19H30N2O3/c1-3-5-6-7-8-12-15-17(19(23)24-4-2)20-21-18(22)16-13-10-9-11-14-16/h9-11,13-14,17,20H,3-8,12,15H2,1-2H3,(H,21,22)/t17-/m0/s1. The van der Waals surface area contributed by atoms with Crippen LogP contribution >= 0.6 is 0 Å². The first-order valence-corrected chi connectivity index (χ1v) is 8.96. The Morgan fingerprint density at radius 2 is 1.67 bits per heavy atom. The number of unbranched alkanes of at least 4 members (excludes halogenated alkanes) is 5. The molecule has 0 aliphatic carbocycles. The van der Waals surface area contributed by atoms with Crippen LogP contribution in [-0.4, -0.2) is 24.5 Å². The van der Waals surface area contributed by atoms with Gasteiger partial charge in [0.2, 0.25) is 0 Å². The van der Waals surface area contributed by atoms with Crippen LogP contribution in [0.4, 0.5) is 0 Å². The number of nitrogens with one attached hydrogen (secondary N) is 2. The average Bonchev–Trinajstić information content (AvgIpc) is 2.61. The molecule has 1 rings (SSSR count). The lowest BCUT2D eigenvalue weighted by Gasteiger charge is -2.18. The zero-order chi connectivity index (χ0) is 17.6. The molecule has 0 saturated carbocycles. The van der Waals surface area contributed by atoms with Gasteiger partial charge in [-0.05, 0) is 25.5 Å². The zero-order valence-electron chi connectivity index (χ0n) is 14.8. The van der Waals surface area contributed by atoms with Crippen molar-refractivity contribution in [2.24, 2.45) is 0 Å². The highest BCUT2D eigenvalue weighted by atomic mass is 16.5. The van der Waals surface area contributed by atoms with E-state index >= 15 is 0 Å². The van der Waals surface area contributed by atoms with Crippen LogP contribution in [0, 0.1) is 0 Å². The number of benzene rings is 1. The molecule has 1 amide bonds. The second-order valence-corrected chi connectivity index (χ2v) is 5.83. The number of hydrazine groups is 1. The lowest BCUT2D eigenvalue weighted by atomic mass is 10.1. The molecule has 24 heavy (non-hydrogen) atoms. The van der Waals surface area contributed by atoms with Crippen LogP contribution < -0.4 is 10.9 Å². The topological polar surface area (TPSA) is 67.4 Å². The molecule has 0 unspecified atom stereocenters. The van der Waals surface area contributed by atoms with Crippen molar-refractivity contribution in [2.75, 3.05) is 6.61 Å². The van der Waals surface area contributed by atoms with Gasteiger partial charge in [-0.1, -0.05) is 63.6 Å². The molecule has 0 spiro atoms. The normalized spacial score (nSPS) is 11.8. The zero-order valence-corrected chi connectivity index (χ0v) is 14.8. The fraction of sp³-hybridized carbons (Fsp3) is 0.579. The maximum absolute atomic E-state index is 12.1. The number of ether oxygens (including phenoxy) is 1. The minimum atomic E-state index is -0.510. The van der Waals surface area contributed by atoms with E-state index in [1.807, 2.05) is 6.07 Å². The molecule has 0 aromatic heterocycles. The minimum absolute atomic E-state index is 0.257. The van der Waals surface area contributed by atoms with Gasteiger partial charge in [-0.25, -0.2) is 5.43 Å². The van der Waals surface area contributed by atoms with Crippen LogP contribution in [0.2, 0.25) is 0 Å². The lowest BCUT2D eigenvalue weighted by Crippen LogP contribution is -2.48. The van der Waals surface area contributed by atoms with Gasteiger partial charge in [0.25, 0.3) is 5.91 Å². The maximum atomic E-state index is 12.1. The summed E-state index contributed by atoms with van der Waals surface area (Å²) in [5.41, 5.74) is 5.99. The quantitative estimate of drug-likeness (QED) is 0.348. The molecule has 0 saturated heterocycles. The van der Waals surface area contributed by atoms with E-state index in [0.717, 1.165) is 12.8 Å². The molecule has 2 N–H and O–H groups in total. The second-order valence-electron chi connectivity index (χ2n) is 5.83. The van der Waals surface area contributed by atoms with E-state index in [4.69, 9.17) is 4.74 Å². The first kappa shape index (κ1) is 20.2. The summed E-state index contributed by atoms with van der Waals surface area (Å²) in [5.74, 6) is -0.577. The summed E-state index contributed by atoms with van der Waals surface area (Å²) in [6.07, 6.45) is 7.56. The Morgan fingerprint density at radius 1 is 1.00 bits per heavy atom. The van der Waals surface area contributed by atoms with E-state index in [-0.39, 0.29) is 11.9 Å². The monoisotopic (exact) mass is 334 g/mol. The highest BCUT2D eigenvalue weighted by Gasteiger charge is 2.20. The highest BCUT2D eigenvalue weighted by molar-refractivity contribution is 5.94. The van der Waals surface area contributed by atoms with E-state index < -0.39 is 6.04 Å². The molecular weight excluding hydrogens is 304 g/mol. The van der Waals surface area contributed by atoms with Crippen molar-refractivity contribution >= 4 is 11.9 Å². The molecule has 5 nitrogen and oxygen atoms in total. The number of hydrogen-bond acceptors (Lipinski definition) is 4. The predicted molar refractivity (Wildman–Crippen MR) is 95.5 cm³/mol. The number of carbonyl (C=O) groups is 2. The van der Waals surface area contributed by atoms with Gasteiger partial charge in [-0.15, -0.1) is 0 Å². The van der Waals surface area contributed by atoms with E-state index in [1.165, 1.54) is 25.7 Å². The van der Waals surface area contributed by atoms with Crippen LogP contribution in [0.15, 0.2) is 30.3 Å². The van der Waals surface area contributed by atoms with Gasteiger partial charge in [-0.3, -0.25) is 15.0 Å². The molecule has 0 aliphatic rings. The summed E-state index contributed by atoms with van der Waals surface area (Å²) in [7, 11) is 0. The van der Waals surface area contributed by atoms with Crippen molar-refractivity contribution in [3.63, 3.8) is 0 Å². The van der Waals surface area contributed by atoms with Gasteiger partial charge in [0.15, 0.2) is 0 Å². The fourth-order valence-corrected chi connectivity index (χ4v) is 2.43. The van der Waals surface area contributed by atoms with Gasteiger partial charge >= 0.3 is 5.97 Å². The van der Waals surface area contributed by atoms with Gasteiger partial charge in [-0.2, -0.15) is 0 Å². The minimum Gasteiger partial charge on any atom is -0.465 e. The smallest absolute Gasteiger partial charge is 0.324 e. The molecule has 1 atom stereocenters. The van der Waals surface area contributed by atoms with Crippen molar-refractivity contribution in [2.45, 2.75) is 64.8 Å². The summed E-state index contributed by atoms with van der Waals surface area (Å²) in [5, 5.41) is 0. The Labute approximate surface area is 145 Å². The summed E-state index contributed by atoms with van der Waals surface area (Å²) in [4.78, 5) is 24.1. The molecule has 0 radical (unpaired) electrons. The number of carbonyl (C=O) groups excluding carboxylic acids is 2. The molecule has 134 valence electrons. The van der Waals surface area contributed by atoms with Crippen LogP contribution in [0.3, 0.4) is 0 Å². The molecular formula is C19H30N2O3. The summed E-state index contributed by atoms with van der Waals surface area (Å²) < 4.78 is 5.08. The first-order valence-electron chi connectivity index (χ1n) is 8.96. The third-order valence-electron chi connectivity index (χ3n) is 3.81. The molecule has 1 aromatic carbocycles. The van der Waals surface area contributed by atoms with E-state index in [0.29, 0.717) is 18.6 Å². The summed E-state index contributed by atoms with van der Waals surface area (Å²) in [6, 6.07) is 8.39. The van der Waals surface area contributed by atoms with Crippen molar-refractivity contribution in [1.29, 1.82) is 0 Å². The molecule has 0 heterocycles.